The van der Waals surface area contributed by atoms with E-state index in [9.17, 15) is 4.79 Å². The average molecular weight is 333 g/mol. The van der Waals surface area contributed by atoms with E-state index in [1.165, 1.54) is 11.3 Å². The van der Waals surface area contributed by atoms with Crippen molar-refractivity contribution in [2.75, 3.05) is 11.4 Å². The van der Waals surface area contributed by atoms with E-state index in [0.29, 0.717) is 18.8 Å². The molecule has 0 saturated carbocycles. The first-order valence-corrected chi connectivity index (χ1v) is 7.17. The third kappa shape index (κ3) is 1.94. The fourth-order valence-corrected chi connectivity index (χ4v) is 3.44. The molecule has 17 heavy (non-hydrogen) atoms. The number of carbonyl (C=O) groups excluding carboxylic acids is 1. The van der Waals surface area contributed by atoms with Crippen LogP contribution < -0.4 is 4.90 Å². The molecule has 0 spiro atoms. The number of halogens is 2. The summed E-state index contributed by atoms with van der Waals surface area (Å²) in [5.74, 6) is 0.693. The maximum atomic E-state index is 11.9. The molecule has 3 rings (SSSR count). The van der Waals surface area contributed by atoms with Crippen LogP contribution in [0.1, 0.15) is 6.42 Å². The van der Waals surface area contributed by atoms with Crippen LogP contribution in [0.15, 0.2) is 11.4 Å². The van der Waals surface area contributed by atoms with Gasteiger partial charge in [0.2, 0.25) is 11.2 Å². The van der Waals surface area contributed by atoms with E-state index < -0.39 is 0 Å². The second kappa shape index (κ2) is 4.19. The zero-order chi connectivity index (χ0) is 12.0. The number of anilines is 1. The van der Waals surface area contributed by atoms with E-state index >= 15 is 0 Å². The number of nitrogens with zero attached hydrogens (tertiary/aromatic N) is 3. The molecular weight excluding hydrogens is 326 g/mol. The third-order valence-electron chi connectivity index (χ3n) is 2.59. The van der Waals surface area contributed by atoms with Gasteiger partial charge in [0.05, 0.1) is 10.2 Å². The Morgan fingerprint density at radius 3 is 3.06 bits per heavy atom. The molecular formula is C10H7BrClN3OS. The maximum Gasteiger partial charge on any atom is 0.229 e. The highest BCUT2D eigenvalue weighted by Crippen LogP contribution is 2.33. The minimum Gasteiger partial charge on any atom is -0.294 e. The van der Waals surface area contributed by atoms with Gasteiger partial charge in [-0.05, 0) is 23.0 Å². The Kier molecular flexibility index (Phi) is 2.80. The van der Waals surface area contributed by atoms with Gasteiger partial charge in [0, 0.05) is 17.8 Å². The summed E-state index contributed by atoms with van der Waals surface area (Å²) in [5.41, 5.74) is 0.788. The number of rotatable bonds is 1. The van der Waals surface area contributed by atoms with Crippen LogP contribution in [0.3, 0.4) is 0 Å². The summed E-state index contributed by atoms with van der Waals surface area (Å²) in [6, 6.07) is 1.88. The number of alkyl halides is 1. The number of amides is 1. The smallest absolute Gasteiger partial charge is 0.229 e. The van der Waals surface area contributed by atoms with Gasteiger partial charge in [0.25, 0.3) is 0 Å². The van der Waals surface area contributed by atoms with Crippen molar-refractivity contribution in [3.63, 3.8) is 0 Å². The molecule has 7 heteroatoms. The van der Waals surface area contributed by atoms with Crippen molar-refractivity contribution in [2.45, 2.75) is 11.2 Å². The van der Waals surface area contributed by atoms with Crippen molar-refractivity contribution >= 4 is 60.8 Å². The van der Waals surface area contributed by atoms with Gasteiger partial charge < -0.3 is 0 Å². The first-order valence-electron chi connectivity index (χ1n) is 5.00. The normalized spacial score (nSPS) is 20.5. The molecule has 1 atom stereocenters. The van der Waals surface area contributed by atoms with E-state index in [2.05, 4.69) is 25.9 Å². The molecule has 1 aliphatic heterocycles. The highest BCUT2D eigenvalue weighted by Gasteiger charge is 2.31. The van der Waals surface area contributed by atoms with Crippen LogP contribution in [0, 0.1) is 0 Å². The lowest BCUT2D eigenvalue weighted by Gasteiger charge is -2.15. The van der Waals surface area contributed by atoms with Crippen LogP contribution in [0.2, 0.25) is 5.28 Å². The molecule has 1 saturated heterocycles. The van der Waals surface area contributed by atoms with Crippen LogP contribution in [0.5, 0.6) is 0 Å². The molecule has 2 aromatic rings. The van der Waals surface area contributed by atoms with Gasteiger partial charge in [-0.15, -0.1) is 11.3 Å². The van der Waals surface area contributed by atoms with E-state index in [1.807, 2.05) is 11.4 Å². The Labute approximate surface area is 115 Å². The molecule has 3 heterocycles. The Morgan fingerprint density at radius 2 is 2.35 bits per heavy atom. The second-order valence-corrected chi connectivity index (χ2v) is 6.31. The molecule has 1 aliphatic rings. The molecule has 0 aromatic carbocycles. The number of thiophene rings is 1. The predicted octanol–water partition coefficient (Wildman–Crippen LogP) is 2.84. The number of aromatic nitrogens is 2. The predicted molar refractivity (Wildman–Crippen MR) is 72.1 cm³/mol. The summed E-state index contributed by atoms with van der Waals surface area (Å²) in [4.78, 5) is 22.0. The molecule has 0 radical (unpaired) electrons. The van der Waals surface area contributed by atoms with E-state index in [0.717, 1.165) is 10.2 Å². The first-order chi connectivity index (χ1) is 8.15. The van der Waals surface area contributed by atoms with Gasteiger partial charge in [-0.1, -0.05) is 15.9 Å². The Balaban J connectivity index is 2.16. The number of hydrogen-bond donors (Lipinski definition) is 0. The number of carbonyl (C=O) groups is 1. The van der Waals surface area contributed by atoms with E-state index in [-0.39, 0.29) is 16.0 Å². The van der Waals surface area contributed by atoms with Crippen LogP contribution in [-0.2, 0) is 4.79 Å². The standard InChI is InChI=1S/C10H7BrClN3OS/c11-5-3-7(16)15(4-5)9-8-6(1-2-17-8)13-10(12)14-9/h1-2,5H,3-4H2. The van der Waals surface area contributed by atoms with Gasteiger partial charge in [0.1, 0.15) is 0 Å². The highest BCUT2D eigenvalue weighted by molar-refractivity contribution is 9.09. The fourth-order valence-electron chi connectivity index (χ4n) is 1.87. The van der Waals surface area contributed by atoms with Gasteiger partial charge in [-0.25, -0.2) is 4.98 Å². The third-order valence-corrected chi connectivity index (χ3v) is 4.27. The van der Waals surface area contributed by atoms with Gasteiger partial charge in [-0.2, -0.15) is 4.98 Å². The van der Waals surface area contributed by atoms with Crippen molar-refractivity contribution in [1.29, 1.82) is 0 Å². The van der Waals surface area contributed by atoms with Crippen molar-refractivity contribution in [2.24, 2.45) is 0 Å². The van der Waals surface area contributed by atoms with Gasteiger partial charge in [-0.3, -0.25) is 9.69 Å². The average Bonchev–Trinajstić information content (AvgIpc) is 2.83. The quantitative estimate of drug-likeness (QED) is 0.596. The summed E-state index contributed by atoms with van der Waals surface area (Å²) in [6.45, 7) is 0.624. The molecule has 4 nitrogen and oxygen atoms in total. The Hall–Kier alpha value is -0.720. The molecule has 1 fully saturated rings. The van der Waals surface area contributed by atoms with Crippen LogP contribution in [0.4, 0.5) is 5.82 Å². The molecule has 1 amide bonds. The summed E-state index contributed by atoms with van der Waals surface area (Å²) in [7, 11) is 0. The summed E-state index contributed by atoms with van der Waals surface area (Å²) in [6.07, 6.45) is 0.495. The maximum absolute atomic E-state index is 11.9. The zero-order valence-corrected chi connectivity index (χ0v) is 11.7. The fraction of sp³-hybridized carbons (Fsp3) is 0.300. The zero-order valence-electron chi connectivity index (χ0n) is 8.56. The number of fused-ring (bicyclic) bond motifs is 1. The monoisotopic (exact) mass is 331 g/mol. The molecule has 0 bridgehead atoms. The second-order valence-electron chi connectivity index (χ2n) is 3.76. The Morgan fingerprint density at radius 1 is 1.53 bits per heavy atom. The van der Waals surface area contributed by atoms with Crippen molar-refractivity contribution in [1.82, 2.24) is 9.97 Å². The van der Waals surface area contributed by atoms with Crippen LogP contribution in [0.25, 0.3) is 10.2 Å². The Bertz CT molecular complexity index is 602. The van der Waals surface area contributed by atoms with Crippen molar-refractivity contribution < 1.29 is 4.79 Å². The highest BCUT2D eigenvalue weighted by atomic mass is 79.9. The lowest BCUT2D eigenvalue weighted by molar-refractivity contribution is -0.117. The largest absolute Gasteiger partial charge is 0.294 e. The summed E-state index contributed by atoms with van der Waals surface area (Å²) < 4.78 is 0.907. The van der Waals surface area contributed by atoms with E-state index in [4.69, 9.17) is 11.6 Å². The molecule has 88 valence electrons. The SMILES string of the molecule is O=C1CC(Br)CN1c1nc(Cl)nc2ccsc12. The summed E-state index contributed by atoms with van der Waals surface area (Å²) in [5, 5.41) is 2.10. The molecule has 1 unspecified atom stereocenters. The number of hydrogen-bond acceptors (Lipinski definition) is 4. The molecule has 2 aromatic heterocycles. The van der Waals surface area contributed by atoms with E-state index in [1.54, 1.807) is 4.90 Å². The topological polar surface area (TPSA) is 46.1 Å². The first kappa shape index (κ1) is 11.4. The van der Waals surface area contributed by atoms with Gasteiger partial charge in [0.15, 0.2) is 5.82 Å². The molecule has 0 N–H and O–H groups in total. The van der Waals surface area contributed by atoms with Crippen LogP contribution >= 0.6 is 38.9 Å². The lowest BCUT2D eigenvalue weighted by Crippen LogP contribution is -2.25. The van der Waals surface area contributed by atoms with Crippen LogP contribution in [-0.4, -0.2) is 27.2 Å². The van der Waals surface area contributed by atoms with Crippen molar-refractivity contribution in [3.8, 4) is 0 Å². The minimum atomic E-state index is 0.0661. The van der Waals surface area contributed by atoms with Gasteiger partial charge >= 0.3 is 0 Å². The minimum absolute atomic E-state index is 0.0661. The summed E-state index contributed by atoms with van der Waals surface area (Å²) >= 11 is 10.9. The lowest BCUT2D eigenvalue weighted by atomic mass is 10.4. The molecule has 0 aliphatic carbocycles. The van der Waals surface area contributed by atoms with Crippen molar-refractivity contribution in [3.05, 3.63) is 16.7 Å².